The van der Waals surface area contributed by atoms with Gasteiger partial charge in [-0.2, -0.15) is 0 Å². The Morgan fingerprint density at radius 3 is 2.69 bits per heavy atom. The number of hydrogen-bond donors (Lipinski definition) is 1. The first-order valence-corrected chi connectivity index (χ1v) is 10.1. The molecule has 2 aliphatic rings. The summed E-state index contributed by atoms with van der Waals surface area (Å²) in [5.74, 6) is 1.37. The summed E-state index contributed by atoms with van der Waals surface area (Å²) in [6.45, 7) is 0.621. The maximum atomic E-state index is 12.9. The van der Waals surface area contributed by atoms with Crippen molar-refractivity contribution in [1.29, 1.82) is 0 Å². The lowest BCUT2D eigenvalue weighted by Crippen LogP contribution is -2.33. The fourth-order valence-corrected chi connectivity index (χ4v) is 4.12. The molecule has 1 N–H and O–H groups in total. The molecular formula is C23H26N2O4. The van der Waals surface area contributed by atoms with Crippen LogP contribution in [-0.4, -0.2) is 32.1 Å². The highest BCUT2D eigenvalue weighted by Crippen LogP contribution is 2.35. The molecule has 152 valence electrons. The SMILES string of the molecule is COc1cccc(OCC(=O)Nc2ccc3c(c2)N(C(=O)C2CCCC2)CC3)c1. The van der Waals surface area contributed by atoms with Gasteiger partial charge in [-0.1, -0.05) is 25.0 Å². The number of ether oxygens (including phenoxy) is 2. The standard InChI is InChI=1S/C23H26N2O4/c1-28-19-7-4-8-20(14-19)29-15-22(26)24-18-10-9-16-11-12-25(21(16)13-18)23(27)17-5-2-3-6-17/h4,7-10,13-14,17H,2-3,5-6,11-12,15H2,1H3,(H,24,26). The smallest absolute Gasteiger partial charge is 0.262 e. The third kappa shape index (κ3) is 4.36. The van der Waals surface area contributed by atoms with Gasteiger partial charge in [-0.05, 0) is 49.1 Å². The summed E-state index contributed by atoms with van der Waals surface area (Å²) in [6.07, 6.45) is 5.12. The molecule has 4 rings (SSSR count). The van der Waals surface area contributed by atoms with E-state index in [0.29, 0.717) is 17.2 Å². The number of nitrogens with zero attached hydrogens (tertiary/aromatic N) is 1. The van der Waals surface area contributed by atoms with E-state index < -0.39 is 0 Å². The van der Waals surface area contributed by atoms with E-state index in [1.807, 2.05) is 35.2 Å². The first-order valence-electron chi connectivity index (χ1n) is 10.1. The van der Waals surface area contributed by atoms with E-state index in [1.54, 1.807) is 19.2 Å². The molecule has 1 fully saturated rings. The second-order valence-electron chi connectivity index (χ2n) is 7.58. The van der Waals surface area contributed by atoms with Gasteiger partial charge in [0.2, 0.25) is 5.91 Å². The van der Waals surface area contributed by atoms with Crippen molar-refractivity contribution in [2.75, 3.05) is 30.5 Å². The van der Waals surface area contributed by atoms with Crippen LogP contribution in [0.4, 0.5) is 11.4 Å². The predicted octanol–water partition coefficient (Wildman–Crippen LogP) is 3.79. The average Bonchev–Trinajstić information content (AvgIpc) is 3.42. The first-order chi connectivity index (χ1) is 14.1. The van der Waals surface area contributed by atoms with Crippen LogP contribution in [0.2, 0.25) is 0 Å². The second-order valence-corrected chi connectivity index (χ2v) is 7.58. The molecule has 1 aliphatic carbocycles. The zero-order chi connectivity index (χ0) is 20.2. The molecule has 6 heteroatoms. The van der Waals surface area contributed by atoms with Crippen molar-refractivity contribution in [3.8, 4) is 11.5 Å². The second kappa shape index (κ2) is 8.55. The van der Waals surface area contributed by atoms with E-state index >= 15 is 0 Å². The van der Waals surface area contributed by atoms with Crippen LogP contribution in [0.3, 0.4) is 0 Å². The predicted molar refractivity (Wildman–Crippen MR) is 112 cm³/mol. The van der Waals surface area contributed by atoms with Crippen molar-refractivity contribution in [2.45, 2.75) is 32.1 Å². The normalized spacial score (nSPS) is 15.8. The Bertz CT molecular complexity index is 906. The summed E-state index contributed by atoms with van der Waals surface area (Å²) in [7, 11) is 1.58. The summed E-state index contributed by atoms with van der Waals surface area (Å²) in [6, 6.07) is 12.9. The molecule has 0 atom stereocenters. The van der Waals surface area contributed by atoms with Crippen molar-refractivity contribution in [1.82, 2.24) is 0 Å². The molecule has 0 radical (unpaired) electrons. The van der Waals surface area contributed by atoms with E-state index in [1.165, 1.54) is 0 Å². The molecule has 0 bridgehead atoms. The third-order valence-corrected chi connectivity index (χ3v) is 5.65. The third-order valence-electron chi connectivity index (χ3n) is 5.65. The fraction of sp³-hybridized carbons (Fsp3) is 0.391. The Kier molecular flexibility index (Phi) is 5.69. The highest BCUT2D eigenvalue weighted by molar-refractivity contribution is 5.99. The van der Waals surface area contributed by atoms with Crippen LogP contribution in [0.5, 0.6) is 11.5 Å². The topological polar surface area (TPSA) is 67.9 Å². The monoisotopic (exact) mass is 394 g/mol. The number of hydrogen-bond acceptors (Lipinski definition) is 4. The Balaban J connectivity index is 1.39. The maximum absolute atomic E-state index is 12.9. The van der Waals surface area contributed by atoms with Gasteiger partial charge in [-0.25, -0.2) is 0 Å². The van der Waals surface area contributed by atoms with Crippen LogP contribution >= 0.6 is 0 Å². The van der Waals surface area contributed by atoms with Gasteiger partial charge in [-0.3, -0.25) is 9.59 Å². The van der Waals surface area contributed by atoms with Gasteiger partial charge in [-0.15, -0.1) is 0 Å². The van der Waals surface area contributed by atoms with E-state index in [2.05, 4.69) is 5.32 Å². The van der Waals surface area contributed by atoms with E-state index in [-0.39, 0.29) is 24.3 Å². The molecule has 29 heavy (non-hydrogen) atoms. The van der Waals surface area contributed by atoms with E-state index in [9.17, 15) is 9.59 Å². The average molecular weight is 394 g/mol. The van der Waals surface area contributed by atoms with E-state index in [4.69, 9.17) is 9.47 Å². The molecule has 6 nitrogen and oxygen atoms in total. The minimum Gasteiger partial charge on any atom is -0.497 e. The molecule has 1 aliphatic heterocycles. The van der Waals surface area contributed by atoms with Gasteiger partial charge in [0, 0.05) is 29.9 Å². The number of anilines is 2. The number of rotatable bonds is 6. The number of carbonyl (C=O) groups excluding carboxylic acids is 2. The van der Waals surface area contributed by atoms with Crippen LogP contribution in [-0.2, 0) is 16.0 Å². The number of fused-ring (bicyclic) bond motifs is 1. The van der Waals surface area contributed by atoms with Crippen LogP contribution in [0, 0.1) is 5.92 Å². The fourth-order valence-electron chi connectivity index (χ4n) is 4.12. The van der Waals surface area contributed by atoms with Gasteiger partial charge >= 0.3 is 0 Å². The van der Waals surface area contributed by atoms with Gasteiger partial charge in [0.05, 0.1) is 7.11 Å². The van der Waals surface area contributed by atoms with Crippen molar-refractivity contribution < 1.29 is 19.1 Å². The zero-order valence-electron chi connectivity index (χ0n) is 16.6. The number of nitrogens with one attached hydrogen (secondary N) is 1. The minimum absolute atomic E-state index is 0.102. The Morgan fingerprint density at radius 1 is 1.10 bits per heavy atom. The largest absolute Gasteiger partial charge is 0.497 e. The highest BCUT2D eigenvalue weighted by Gasteiger charge is 2.31. The number of benzene rings is 2. The Morgan fingerprint density at radius 2 is 1.90 bits per heavy atom. The lowest BCUT2D eigenvalue weighted by Gasteiger charge is -2.21. The van der Waals surface area contributed by atoms with Crippen LogP contribution in [0.25, 0.3) is 0 Å². The molecular weight excluding hydrogens is 368 g/mol. The molecule has 0 aromatic heterocycles. The van der Waals surface area contributed by atoms with Gasteiger partial charge in [0.1, 0.15) is 11.5 Å². The van der Waals surface area contributed by atoms with Gasteiger partial charge in [0.25, 0.3) is 5.91 Å². The molecule has 0 unspecified atom stereocenters. The van der Waals surface area contributed by atoms with Crippen molar-refractivity contribution in [2.24, 2.45) is 5.92 Å². The molecule has 2 aromatic rings. The maximum Gasteiger partial charge on any atom is 0.262 e. The Labute approximate surface area is 170 Å². The van der Waals surface area contributed by atoms with Crippen LogP contribution in [0.15, 0.2) is 42.5 Å². The van der Waals surface area contributed by atoms with Crippen LogP contribution < -0.4 is 19.7 Å². The van der Waals surface area contributed by atoms with Crippen molar-refractivity contribution >= 4 is 23.2 Å². The van der Waals surface area contributed by atoms with Gasteiger partial charge < -0.3 is 19.7 Å². The van der Waals surface area contributed by atoms with Crippen LogP contribution in [0.1, 0.15) is 31.2 Å². The summed E-state index contributed by atoms with van der Waals surface area (Å²) >= 11 is 0. The zero-order valence-corrected chi connectivity index (χ0v) is 16.6. The van der Waals surface area contributed by atoms with Gasteiger partial charge in [0.15, 0.2) is 6.61 Å². The highest BCUT2D eigenvalue weighted by atomic mass is 16.5. The first kappa shape index (κ1) is 19.3. The molecule has 2 amide bonds. The van der Waals surface area contributed by atoms with Crippen molar-refractivity contribution in [3.05, 3.63) is 48.0 Å². The van der Waals surface area contributed by atoms with E-state index in [0.717, 1.165) is 49.9 Å². The lowest BCUT2D eigenvalue weighted by atomic mass is 10.1. The van der Waals surface area contributed by atoms with Crippen molar-refractivity contribution in [3.63, 3.8) is 0 Å². The summed E-state index contributed by atoms with van der Waals surface area (Å²) in [5.41, 5.74) is 2.75. The molecule has 0 spiro atoms. The number of carbonyl (C=O) groups is 2. The summed E-state index contributed by atoms with van der Waals surface area (Å²) < 4.78 is 10.7. The number of amides is 2. The Hall–Kier alpha value is -3.02. The quantitative estimate of drug-likeness (QED) is 0.809. The molecule has 1 saturated carbocycles. The number of methoxy groups -OCH3 is 1. The minimum atomic E-state index is -0.251. The lowest BCUT2D eigenvalue weighted by molar-refractivity contribution is -0.122. The molecule has 1 heterocycles. The molecule has 2 aromatic carbocycles. The summed E-state index contributed by atoms with van der Waals surface area (Å²) in [5, 5.41) is 2.87. The summed E-state index contributed by atoms with van der Waals surface area (Å²) in [4.78, 5) is 27.1. The molecule has 0 saturated heterocycles.